The molecule has 3 rings (SSSR count). The largest absolute Gasteiger partial charge is 0.744 e. The van der Waals surface area contributed by atoms with Crippen LogP contribution in [0.25, 0.3) is 0 Å². The van der Waals surface area contributed by atoms with Gasteiger partial charge in [0.2, 0.25) is 5.69 Å². The van der Waals surface area contributed by atoms with Gasteiger partial charge in [0.1, 0.15) is 10.1 Å². The third-order valence-corrected chi connectivity index (χ3v) is 4.49. The average Bonchev–Trinajstić information content (AvgIpc) is 2.61. The normalized spacial score (nSPS) is 11.7. The van der Waals surface area contributed by atoms with Gasteiger partial charge in [0.15, 0.2) is 12.7 Å². The lowest BCUT2D eigenvalue weighted by atomic mass is 10.2. The summed E-state index contributed by atoms with van der Waals surface area (Å²) in [6, 6.07) is 21.5. The van der Waals surface area contributed by atoms with Gasteiger partial charge in [0.25, 0.3) is 0 Å². The Bertz CT molecular complexity index is 983. The molecule has 0 fully saturated rings. The number of aromatic nitrogens is 1. The van der Waals surface area contributed by atoms with Gasteiger partial charge < -0.3 is 4.55 Å². The number of rotatable bonds is 5. The van der Waals surface area contributed by atoms with Crippen molar-refractivity contribution in [3.8, 4) is 0 Å². The fraction of sp³-hybridized carbons (Fsp3) is 0.0526. The van der Waals surface area contributed by atoms with Crippen LogP contribution in [0.3, 0.4) is 0 Å². The van der Waals surface area contributed by atoms with Crippen molar-refractivity contribution < 1.29 is 17.5 Å². The van der Waals surface area contributed by atoms with Crippen molar-refractivity contribution in [1.29, 1.82) is 0 Å². The third-order valence-electron chi connectivity index (χ3n) is 3.64. The molecule has 0 amide bonds. The van der Waals surface area contributed by atoms with E-state index in [2.05, 4.69) is 21.7 Å². The molecule has 0 aliphatic rings. The molecule has 6 heteroatoms. The molecule has 25 heavy (non-hydrogen) atoms. The zero-order valence-electron chi connectivity index (χ0n) is 13.3. The molecular formula is C19H16N2O3S. The van der Waals surface area contributed by atoms with Crippen molar-refractivity contribution in [2.24, 2.45) is 4.99 Å². The standard InChI is InChI=1S/C19H16N2O3S/c22-25(23,24)19-11-9-17(10-12-19)20-14-18-8-4-5-13-21(18)15-16-6-2-1-3-7-16/h1-14H,15H2. The summed E-state index contributed by atoms with van der Waals surface area (Å²) in [5.74, 6) is 0. The molecule has 0 saturated carbocycles. The van der Waals surface area contributed by atoms with Gasteiger partial charge in [-0.25, -0.2) is 13.4 Å². The number of hydrogen-bond acceptors (Lipinski definition) is 4. The minimum Gasteiger partial charge on any atom is -0.744 e. The second-order valence-electron chi connectivity index (χ2n) is 5.45. The quantitative estimate of drug-likeness (QED) is 0.402. The van der Waals surface area contributed by atoms with Crippen LogP contribution in [0.4, 0.5) is 5.69 Å². The van der Waals surface area contributed by atoms with Crippen LogP contribution in [0.2, 0.25) is 0 Å². The molecular weight excluding hydrogens is 336 g/mol. The van der Waals surface area contributed by atoms with Crippen molar-refractivity contribution in [2.45, 2.75) is 11.4 Å². The van der Waals surface area contributed by atoms with Gasteiger partial charge in [-0.2, -0.15) is 4.57 Å². The van der Waals surface area contributed by atoms with Gasteiger partial charge in [0.05, 0.1) is 16.8 Å². The van der Waals surface area contributed by atoms with E-state index in [1.807, 2.05) is 42.6 Å². The lowest BCUT2D eigenvalue weighted by Crippen LogP contribution is -2.38. The van der Waals surface area contributed by atoms with E-state index in [0.29, 0.717) is 5.69 Å². The summed E-state index contributed by atoms with van der Waals surface area (Å²) in [5, 5.41) is 0. The van der Waals surface area contributed by atoms with E-state index in [4.69, 9.17) is 0 Å². The average molecular weight is 352 g/mol. The molecule has 0 unspecified atom stereocenters. The first-order valence-electron chi connectivity index (χ1n) is 7.65. The topological polar surface area (TPSA) is 73.4 Å². The van der Waals surface area contributed by atoms with Gasteiger partial charge in [-0.15, -0.1) is 0 Å². The maximum Gasteiger partial charge on any atom is 0.223 e. The van der Waals surface area contributed by atoms with Crippen LogP contribution < -0.4 is 4.57 Å². The second kappa shape index (κ2) is 7.38. The summed E-state index contributed by atoms with van der Waals surface area (Å²) in [4.78, 5) is 4.10. The highest BCUT2D eigenvalue weighted by molar-refractivity contribution is 7.85. The summed E-state index contributed by atoms with van der Waals surface area (Å²) >= 11 is 0. The molecule has 2 aromatic carbocycles. The van der Waals surface area contributed by atoms with Crippen LogP contribution in [0.15, 0.2) is 88.9 Å². The maximum absolute atomic E-state index is 10.9. The number of hydrogen-bond donors (Lipinski definition) is 0. The number of pyridine rings is 1. The van der Waals surface area contributed by atoms with Crippen molar-refractivity contribution in [3.05, 3.63) is 90.3 Å². The van der Waals surface area contributed by atoms with Gasteiger partial charge >= 0.3 is 0 Å². The zero-order chi connectivity index (χ0) is 17.7. The lowest BCUT2D eigenvalue weighted by Gasteiger charge is -2.06. The number of nitrogens with zero attached hydrogens (tertiary/aromatic N) is 2. The van der Waals surface area contributed by atoms with E-state index in [0.717, 1.165) is 12.2 Å². The van der Waals surface area contributed by atoms with Crippen LogP contribution in [0.1, 0.15) is 11.3 Å². The SMILES string of the molecule is O=S(=O)([O-])c1ccc(N=Cc2cccc[n+]2Cc2ccccc2)cc1. The summed E-state index contributed by atoms with van der Waals surface area (Å²) in [5.41, 5.74) is 2.66. The van der Waals surface area contributed by atoms with Gasteiger partial charge in [-0.3, -0.25) is 0 Å². The molecule has 0 spiro atoms. The fourth-order valence-corrected chi connectivity index (χ4v) is 2.84. The van der Waals surface area contributed by atoms with Gasteiger partial charge in [-0.05, 0) is 30.3 Å². The van der Waals surface area contributed by atoms with E-state index < -0.39 is 10.1 Å². The van der Waals surface area contributed by atoms with Crippen molar-refractivity contribution in [2.75, 3.05) is 0 Å². The van der Waals surface area contributed by atoms with Crippen LogP contribution in [-0.4, -0.2) is 19.2 Å². The molecule has 126 valence electrons. The van der Waals surface area contributed by atoms with Crippen LogP contribution in [0, 0.1) is 0 Å². The molecule has 0 atom stereocenters. The van der Waals surface area contributed by atoms with E-state index >= 15 is 0 Å². The first kappa shape index (κ1) is 17.0. The Hall–Kier alpha value is -2.83. The molecule has 0 saturated heterocycles. The Labute approximate surface area is 146 Å². The minimum atomic E-state index is -4.43. The fourth-order valence-electron chi connectivity index (χ4n) is 2.37. The predicted molar refractivity (Wildman–Crippen MR) is 93.8 cm³/mol. The molecule has 0 bridgehead atoms. The first-order chi connectivity index (χ1) is 12.0. The van der Waals surface area contributed by atoms with Crippen LogP contribution in [0.5, 0.6) is 0 Å². The molecule has 0 N–H and O–H groups in total. The molecule has 1 aromatic heterocycles. The molecule has 0 aliphatic carbocycles. The molecule has 1 heterocycles. The van der Waals surface area contributed by atoms with E-state index in [9.17, 15) is 13.0 Å². The van der Waals surface area contributed by atoms with Crippen molar-refractivity contribution in [1.82, 2.24) is 0 Å². The second-order valence-corrected chi connectivity index (χ2v) is 6.82. The van der Waals surface area contributed by atoms with Crippen molar-refractivity contribution in [3.63, 3.8) is 0 Å². The highest BCUT2D eigenvalue weighted by Gasteiger charge is 2.08. The highest BCUT2D eigenvalue weighted by atomic mass is 32.2. The van der Waals surface area contributed by atoms with Crippen LogP contribution >= 0.6 is 0 Å². The lowest BCUT2D eigenvalue weighted by molar-refractivity contribution is -0.689. The molecule has 0 radical (unpaired) electrons. The van der Waals surface area contributed by atoms with Gasteiger partial charge in [0, 0.05) is 17.7 Å². The Morgan fingerprint density at radius 1 is 0.920 bits per heavy atom. The third kappa shape index (κ3) is 4.59. The Morgan fingerprint density at radius 3 is 2.28 bits per heavy atom. The smallest absolute Gasteiger partial charge is 0.223 e. The zero-order valence-corrected chi connectivity index (χ0v) is 14.1. The Morgan fingerprint density at radius 2 is 1.60 bits per heavy atom. The molecule has 5 nitrogen and oxygen atoms in total. The summed E-state index contributed by atoms with van der Waals surface area (Å²) in [7, 11) is -4.43. The number of benzene rings is 2. The monoisotopic (exact) mass is 352 g/mol. The predicted octanol–water partition coefficient (Wildman–Crippen LogP) is 2.68. The van der Waals surface area contributed by atoms with E-state index in [1.165, 1.54) is 29.8 Å². The maximum atomic E-state index is 10.9. The van der Waals surface area contributed by atoms with Crippen LogP contribution in [-0.2, 0) is 16.7 Å². The molecule has 3 aromatic rings. The first-order valence-corrected chi connectivity index (χ1v) is 9.06. The van der Waals surface area contributed by atoms with Gasteiger partial charge in [-0.1, -0.05) is 30.3 Å². The van der Waals surface area contributed by atoms with E-state index in [1.54, 1.807) is 6.21 Å². The minimum absolute atomic E-state index is 0.259. The molecule has 0 aliphatic heterocycles. The van der Waals surface area contributed by atoms with Crippen molar-refractivity contribution >= 4 is 22.0 Å². The number of aliphatic imine (C=N–C) groups is 1. The summed E-state index contributed by atoms with van der Waals surface area (Å²) in [6.45, 7) is 0.719. The van der Waals surface area contributed by atoms with E-state index in [-0.39, 0.29) is 4.90 Å². The Kier molecular flexibility index (Phi) is 5.02. The highest BCUT2D eigenvalue weighted by Crippen LogP contribution is 2.16. The summed E-state index contributed by atoms with van der Waals surface area (Å²) in [6.07, 6.45) is 3.69. The Balaban J connectivity index is 1.82. The summed E-state index contributed by atoms with van der Waals surface area (Å²) < 4.78 is 34.9.